The molecule has 0 spiro atoms. The van der Waals surface area contributed by atoms with Crippen LogP contribution in [0.5, 0.6) is 0 Å². The first-order chi connectivity index (χ1) is 11.6. The van der Waals surface area contributed by atoms with Gasteiger partial charge in [0.15, 0.2) is 0 Å². The molecule has 3 rings (SSSR count). The molecule has 0 bridgehead atoms. The van der Waals surface area contributed by atoms with E-state index in [2.05, 4.69) is 36.2 Å². The third-order valence-electron chi connectivity index (χ3n) is 4.75. The van der Waals surface area contributed by atoms with Crippen molar-refractivity contribution in [1.82, 2.24) is 9.80 Å². The van der Waals surface area contributed by atoms with E-state index in [4.69, 9.17) is 0 Å². The normalized spacial score (nSPS) is 18.5. The molecule has 0 N–H and O–H groups in total. The summed E-state index contributed by atoms with van der Waals surface area (Å²) in [5.41, 5.74) is 3.13. The first kappa shape index (κ1) is 16.5. The van der Waals surface area contributed by atoms with E-state index in [1.54, 1.807) is 0 Å². The summed E-state index contributed by atoms with van der Waals surface area (Å²) in [5, 5.41) is 0. The topological polar surface area (TPSA) is 26.8 Å². The van der Waals surface area contributed by atoms with Gasteiger partial charge >= 0.3 is 0 Å². The lowest BCUT2D eigenvalue weighted by Crippen LogP contribution is -2.49. The van der Waals surface area contributed by atoms with Crippen LogP contribution in [0.2, 0.25) is 0 Å². The van der Waals surface area contributed by atoms with E-state index in [1.807, 2.05) is 54.2 Å². The summed E-state index contributed by atoms with van der Waals surface area (Å²) in [5.74, 6) is 0.120. The van der Waals surface area contributed by atoms with Crippen LogP contribution >= 0.6 is 0 Å². The largest absolute Gasteiger partial charge is 0.378 e. The van der Waals surface area contributed by atoms with Crippen LogP contribution in [-0.4, -0.2) is 56.5 Å². The van der Waals surface area contributed by atoms with Gasteiger partial charge in [0, 0.05) is 45.0 Å². The lowest BCUT2D eigenvalue weighted by atomic mass is 10.0. The molecule has 1 saturated heterocycles. The highest BCUT2D eigenvalue weighted by molar-refractivity contribution is 5.94. The maximum atomic E-state index is 12.9. The number of carbonyl (C=O) groups is 1. The van der Waals surface area contributed by atoms with Crippen molar-refractivity contribution >= 4 is 11.6 Å². The van der Waals surface area contributed by atoms with Crippen molar-refractivity contribution in [2.45, 2.75) is 6.04 Å². The number of benzene rings is 2. The maximum Gasteiger partial charge on any atom is 0.253 e. The minimum atomic E-state index is 0.120. The van der Waals surface area contributed by atoms with Gasteiger partial charge < -0.3 is 9.80 Å². The van der Waals surface area contributed by atoms with Crippen molar-refractivity contribution in [2.24, 2.45) is 0 Å². The van der Waals surface area contributed by atoms with Crippen molar-refractivity contribution in [2.75, 3.05) is 45.7 Å². The van der Waals surface area contributed by atoms with Crippen molar-refractivity contribution < 1.29 is 4.79 Å². The third-order valence-corrected chi connectivity index (χ3v) is 4.75. The minimum absolute atomic E-state index is 0.120. The zero-order valence-electron chi connectivity index (χ0n) is 14.6. The van der Waals surface area contributed by atoms with Crippen LogP contribution in [-0.2, 0) is 0 Å². The number of hydrogen-bond donors (Lipinski definition) is 0. The number of carbonyl (C=O) groups excluding carboxylic acids is 1. The Morgan fingerprint density at radius 1 is 1.00 bits per heavy atom. The van der Waals surface area contributed by atoms with Gasteiger partial charge in [0.25, 0.3) is 5.91 Å². The summed E-state index contributed by atoms with van der Waals surface area (Å²) in [7, 11) is 6.13. The van der Waals surface area contributed by atoms with Crippen LogP contribution in [0.4, 0.5) is 5.69 Å². The number of hydrogen-bond acceptors (Lipinski definition) is 3. The average Bonchev–Trinajstić information content (AvgIpc) is 2.62. The molecule has 0 saturated carbocycles. The zero-order chi connectivity index (χ0) is 17.1. The molecular formula is C20H25N3O. The second kappa shape index (κ2) is 7.05. The summed E-state index contributed by atoms with van der Waals surface area (Å²) >= 11 is 0. The van der Waals surface area contributed by atoms with Crippen LogP contribution in [0.25, 0.3) is 0 Å². The fourth-order valence-electron chi connectivity index (χ4n) is 3.18. The lowest BCUT2D eigenvalue weighted by Gasteiger charge is -2.39. The highest BCUT2D eigenvalue weighted by Gasteiger charge is 2.28. The number of piperazine rings is 1. The van der Waals surface area contributed by atoms with E-state index in [1.165, 1.54) is 5.56 Å². The monoisotopic (exact) mass is 323 g/mol. The van der Waals surface area contributed by atoms with E-state index in [0.29, 0.717) is 0 Å². The van der Waals surface area contributed by atoms with Gasteiger partial charge in [0.2, 0.25) is 0 Å². The molecule has 1 amide bonds. The van der Waals surface area contributed by atoms with Gasteiger partial charge in [-0.05, 0) is 36.9 Å². The number of nitrogens with zero attached hydrogens (tertiary/aromatic N) is 3. The Kier molecular flexibility index (Phi) is 4.86. The lowest BCUT2D eigenvalue weighted by molar-refractivity contribution is 0.0546. The van der Waals surface area contributed by atoms with Crippen LogP contribution < -0.4 is 4.90 Å². The molecule has 2 aromatic carbocycles. The molecule has 4 heteroatoms. The number of rotatable bonds is 3. The van der Waals surface area contributed by atoms with Crippen LogP contribution in [0.15, 0.2) is 54.6 Å². The Morgan fingerprint density at radius 3 is 2.29 bits per heavy atom. The molecular weight excluding hydrogens is 298 g/mol. The molecule has 0 aromatic heterocycles. The highest BCUT2D eigenvalue weighted by Crippen LogP contribution is 2.25. The number of likely N-dealkylation sites (N-methyl/N-ethyl adjacent to an activating group) is 1. The Balaban J connectivity index is 1.75. The van der Waals surface area contributed by atoms with Gasteiger partial charge in [-0.3, -0.25) is 9.69 Å². The Labute approximate surface area is 144 Å². The van der Waals surface area contributed by atoms with Gasteiger partial charge in [-0.25, -0.2) is 0 Å². The molecule has 1 atom stereocenters. The van der Waals surface area contributed by atoms with E-state index in [0.717, 1.165) is 30.9 Å². The summed E-state index contributed by atoms with van der Waals surface area (Å²) in [4.78, 5) is 19.2. The summed E-state index contributed by atoms with van der Waals surface area (Å²) in [6.07, 6.45) is 0. The minimum Gasteiger partial charge on any atom is -0.378 e. The van der Waals surface area contributed by atoms with E-state index in [9.17, 15) is 4.79 Å². The maximum absolute atomic E-state index is 12.9. The highest BCUT2D eigenvalue weighted by atomic mass is 16.2. The summed E-state index contributed by atoms with van der Waals surface area (Å²) < 4.78 is 0. The Morgan fingerprint density at radius 2 is 1.67 bits per heavy atom. The second-order valence-electron chi connectivity index (χ2n) is 6.60. The number of anilines is 1. The molecule has 1 heterocycles. The predicted octanol–water partition coefficient (Wildman–Crippen LogP) is 2.88. The summed E-state index contributed by atoms with van der Waals surface area (Å²) in [6.45, 7) is 2.39. The van der Waals surface area contributed by atoms with Gasteiger partial charge in [-0.2, -0.15) is 0 Å². The molecule has 0 radical (unpaired) electrons. The van der Waals surface area contributed by atoms with Gasteiger partial charge in [-0.15, -0.1) is 0 Å². The van der Waals surface area contributed by atoms with Crippen molar-refractivity contribution in [3.63, 3.8) is 0 Å². The van der Waals surface area contributed by atoms with Crippen LogP contribution in [0.3, 0.4) is 0 Å². The Hall–Kier alpha value is -2.33. The first-order valence-corrected chi connectivity index (χ1v) is 8.38. The van der Waals surface area contributed by atoms with Gasteiger partial charge in [-0.1, -0.05) is 30.3 Å². The van der Waals surface area contributed by atoms with E-state index >= 15 is 0 Å². The fourth-order valence-corrected chi connectivity index (χ4v) is 3.18. The van der Waals surface area contributed by atoms with Gasteiger partial charge in [0.1, 0.15) is 0 Å². The predicted molar refractivity (Wildman–Crippen MR) is 98.5 cm³/mol. The average molecular weight is 323 g/mol. The molecule has 1 aliphatic rings. The molecule has 1 unspecified atom stereocenters. The smallest absolute Gasteiger partial charge is 0.253 e. The van der Waals surface area contributed by atoms with E-state index < -0.39 is 0 Å². The van der Waals surface area contributed by atoms with Crippen molar-refractivity contribution in [3.05, 3.63) is 65.7 Å². The quantitative estimate of drug-likeness (QED) is 0.869. The van der Waals surface area contributed by atoms with E-state index in [-0.39, 0.29) is 11.9 Å². The number of amides is 1. The molecule has 1 fully saturated rings. The zero-order valence-corrected chi connectivity index (χ0v) is 14.6. The molecule has 24 heavy (non-hydrogen) atoms. The SMILES string of the molecule is CN(C)c1ccc(C(=O)N2CCN(C)C(c3ccccc3)C2)cc1. The molecule has 126 valence electrons. The Bertz CT molecular complexity index is 682. The fraction of sp³-hybridized carbons (Fsp3) is 0.350. The molecule has 4 nitrogen and oxygen atoms in total. The van der Waals surface area contributed by atoms with Crippen molar-refractivity contribution in [3.8, 4) is 0 Å². The van der Waals surface area contributed by atoms with Crippen LogP contribution in [0.1, 0.15) is 22.0 Å². The van der Waals surface area contributed by atoms with Crippen LogP contribution in [0, 0.1) is 0 Å². The molecule has 2 aromatic rings. The summed E-state index contributed by atoms with van der Waals surface area (Å²) in [6, 6.07) is 18.5. The first-order valence-electron chi connectivity index (χ1n) is 8.38. The molecule has 1 aliphatic heterocycles. The standard InChI is InChI=1S/C20H25N3O/c1-21(2)18-11-9-17(10-12-18)20(24)23-14-13-22(3)19(15-23)16-7-5-4-6-8-16/h4-12,19H,13-15H2,1-3H3. The molecule has 0 aliphatic carbocycles. The van der Waals surface area contributed by atoms with Crippen molar-refractivity contribution in [1.29, 1.82) is 0 Å². The van der Waals surface area contributed by atoms with Gasteiger partial charge in [0.05, 0.1) is 6.04 Å². The third kappa shape index (κ3) is 3.44. The second-order valence-corrected chi connectivity index (χ2v) is 6.60.